The number of imidazole rings is 2. The zero-order valence-corrected chi connectivity index (χ0v) is 12.8. The molecule has 0 bridgehead atoms. The summed E-state index contributed by atoms with van der Waals surface area (Å²) < 4.78 is 3.91. The van der Waals surface area contributed by atoms with E-state index in [1.54, 1.807) is 18.9 Å². The average Bonchev–Trinajstić information content (AvgIpc) is 3.28. The lowest BCUT2D eigenvalue weighted by molar-refractivity contribution is 0.919. The molecule has 23 heavy (non-hydrogen) atoms. The fourth-order valence-corrected chi connectivity index (χ4v) is 2.59. The summed E-state index contributed by atoms with van der Waals surface area (Å²) in [5.41, 5.74) is 3.89. The maximum absolute atomic E-state index is 4.44. The van der Waals surface area contributed by atoms with Crippen LogP contribution < -0.4 is 0 Å². The number of rotatable bonds is 3. The van der Waals surface area contributed by atoms with Crippen LogP contribution >= 0.6 is 0 Å². The number of hydrogen-bond donors (Lipinski definition) is 1. The molecule has 0 amide bonds. The summed E-state index contributed by atoms with van der Waals surface area (Å²) in [6, 6.07) is 8.13. The molecule has 1 aromatic carbocycles. The zero-order valence-electron chi connectivity index (χ0n) is 12.8. The van der Waals surface area contributed by atoms with Crippen LogP contribution in [0.3, 0.4) is 0 Å². The Morgan fingerprint density at radius 3 is 2.52 bits per heavy atom. The van der Waals surface area contributed by atoms with Crippen LogP contribution in [0.5, 0.6) is 0 Å². The maximum Gasteiger partial charge on any atom is 0.165 e. The van der Waals surface area contributed by atoms with Gasteiger partial charge in [-0.1, -0.05) is 0 Å². The highest BCUT2D eigenvalue weighted by Gasteiger charge is 2.13. The van der Waals surface area contributed by atoms with Crippen molar-refractivity contribution in [2.24, 2.45) is 7.05 Å². The van der Waals surface area contributed by atoms with Crippen molar-refractivity contribution in [3.05, 3.63) is 55.0 Å². The molecular formula is C16H15N7. The third-order valence-electron chi connectivity index (χ3n) is 3.80. The highest BCUT2D eigenvalue weighted by molar-refractivity contribution is 5.60. The minimum Gasteiger partial charge on any atom is -0.348 e. The quantitative estimate of drug-likeness (QED) is 0.630. The van der Waals surface area contributed by atoms with Gasteiger partial charge in [0.2, 0.25) is 0 Å². The molecule has 0 unspecified atom stereocenters. The Hall–Kier alpha value is -3.22. The lowest BCUT2D eigenvalue weighted by Gasteiger charge is -2.08. The minimum absolute atomic E-state index is 0.815. The summed E-state index contributed by atoms with van der Waals surface area (Å²) in [5, 5.41) is 8.04. The first-order valence-corrected chi connectivity index (χ1v) is 7.22. The van der Waals surface area contributed by atoms with E-state index in [0.29, 0.717) is 0 Å². The first-order chi connectivity index (χ1) is 11.2. The van der Waals surface area contributed by atoms with Gasteiger partial charge in [0.1, 0.15) is 12.0 Å². The van der Waals surface area contributed by atoms with Crippen LogP contribution in [0, 0.1) is 6.92 Å². The van der Waals surface area contributed by atoms with E-state index in [1.165, 1.54) is 0 Å². The highest BCUT2D eigenvalue weighted by atomic mass is 15.2. The standard InChI is InChI=1S/C16H15N7/c1-11-14(19-9-18-11)16-17-7-8-23(16)13-5-3-12(4-6-13)15-21-20-10-22(15)2/h3-10H,1-2H3,(H,18,19). The number of benzene rings is 1. The smallest absolute Gasteiger partial charge is 0.165 e. The fraction of sp³-hybridized carbons (Fsp3) is 0.125. The molecule has 0 aliphatic heterocycles. The van der Waals surface area contributed by atoms with E-state index in [9.17, 15) is 0 Å². The van der Waals surface area contributed by atoms with E-state index < -0.39 is 0 Å². The SMILES string of the molecule is Cc1[nH]cnc1-c1nccn1-c1ccc(-c2nncn2C)cc1. The molecule has 0 aliphatic rings. The third-order valence-corrected chi connectivity index (χ3v) is 3.80. The van der Waals surface area contributed by atoms with Gasteiger partial charge in [0.25, 0.3) is 0 Å². The number of H-pyrrole nitrogens is 1. The largest absolute Gasteiger partial charge is 0.348 e. The van der Waals surface area contributed by atoms with Crippen LogP contribution in [0.25, 0.3) is 28.6 Å². The van der Waals surface area contributed by atoms with E-state index in [4.69, 9.17) is 0 Å². The van der Waals surface area contributed by atoms with Crippen molar-refractivity contribution in [2.75, 3.05) is 0 Å². The van der Waals surface area contributed by atoms with Crippen LogP contribution in [-0.4, -0.2) is 34.3 Å². The molecule has 3 heterocycles. The number of aromatic nitrogens is 7. The van der Waals surface area contributed by atoms with E-state index in [-0.39, 0.29) is 0 Å². The lowest BCUT2D eigenvalue weighted by atomic mass is 10.2. The average molecular weight is 305 g/mol. The molecule has 0 fully saturated rings. The Morgan fingerprint density at radius 1 is 1.04 bits per heavy atom. The van der Waals surface area contributed by atoms with Crippen LogP contribution in [0.15, 0.2) is 49.3 Å². The number of hydrogen-bond acceptors (Lipinski definition) is 4. The van der Waals surface area contributed by atoms with Gasteiger partial charge in [-0.3, -0.25) is 4.57 Å². The second-order valence-corrected chi connectivity index (χ2v) is 5.31. The summed E-state index contributed by atoms with van der Waals surface area (Å²) in [7, 11) is 1.93. The van der Waals surface area contributed by atoms with E-state index in [0.717, 1.165) is 34.3 Å². The van der Waals surface area contributed by atoms with Crippen LogP contribution in [0.2, 0.25) is 0 Å². The molecule has 0 radical (unpaired) electrons. The topological polar surface area (TPSA) is 77.2 Å². The number of aryl methyl sites for hydroxylation is 2. The molecule has 4 rings (SSSR count). The summed E-state index contributed by atoms with van der Waals surface area (Å²) >= 11 is 0. The van der Waals surface area contributed by atoms with Gasteiger partial charge in [0, 0.05) is 36.4 Å². The highest BCUT2D eigenvalue weighted by Crippen LogP contribution is 2.23. The number of nitrogens with one attached hydrogen (secondary N) is 1. The first kappa shape index (κ1) is 13.4. The molecule has 0 aliphatic carbocycles. The summed E-state index contributed by atoms with van der Waals surface area (Å²) in [6.45, 7) is 1.98. The van der Waals surface area contributed by atoms with Crippen LogP contribution in [0.4, 0.5) is 0 Å². The molecule has 3 aromatic heterocycles. The molecule has 0 saturated heterocycles. The minimum atomic E-state index is 0.815. The van der Waals surface area contributed by atoms with E-state index in [2.05, 4.69) is 25.1 Å². The summed E-state index contributed by atoms with van der Waals surface area (Å²) in [4.78, 5) is 11.9. The van der Waals surface area contributed by atoms with Crippen molar-refractivity contribution >= 4 is 0 Å². The van der Waals surface area contributed by atoms with Crippen molar-refractivity contribution in [3.63, 3.8) is 0 Å². The van der Waals surface area contributed by atoms with Gasteiger partial charge < -0.3 is 9.55 Å². The number of aromatic amines is 1. The first-order valence-electron chi connectivity index (χ1n) is 7.22. The van der Waals surface area contributed by atoms with Crippen LogP contribution in [0.1, 0.15) is 5.69 Å². The predicted molar refractivity (Wildman–Crippen MR) is 85.9 cm³/mol. The normalized spacial score (nSPS) is 11.0. The molecule has 7 heteroatoms. The van der Waals surface area contributed by atoms with Gasteiger partial charge in [-0.2, -0.15) is 0 Å². The molecule has 4 aromatic rings. The molecule has 0 atom stereocenters. The van der Waals surface area contributed by atoms with Gasteiger partial charge in [-0.25, -0.2) is 9.97 Å². The third kappa shape index (κ3) is 2.22. The van der Waals surface area contributed by atoms with Crippen molar-refractivity contribution in [3.8, 4) is 28.6 Å². The Balaban J connectivity index is 1.74. The molecular weight excluding hydrogens is 290 g/mol. The predicted octanol–water partition coefficient (Wildman–Crippen LogP) is 2.37. The van der Waals surface area contributed by atoms with Crippen LogP contribution in [-0.2, 0) is 7.05 Å². The monoisotopic (exact) mass is 305 g/mol. The summed E-state index contributed by atoms with van der Waals surface area (Å²) in [6.07, 6.45) is 7.08. The van der Waals surface area contributed by atoms with E-state index >= 15 is 0 Å². The second-order valence-electron chi connectivity index (χ2n) is 5.31. The van der Waals surface area contributed by atoms with Crippen molar-refractivity contribution < 1.29 is 0 Å². The van der Waals surface area contributed by atoms with Crippen molar-refractivity contribution in [1.29, 1.82) is 0 Å². The zero-order chi connectivity index (χ0) is 15.8. The Bertz CT molecular complexity index is 943. The Kier molecular flexibility index (Phi) is 3.04. The molecule has 1 N–H and O–H groups in total. The Labute approximate surface area is 132 Å². The van der Waals surface area contributed by atoms with Crippen molar-refractivity contribution in [1.82, 2.24) is 34.3 Å². The molecule has 0 saturated carbocycles. The molecule has 114 valence electrons. The Morgan fingerprint density at radius 2 is 1.87 bits per heavy atom. The van der Waals surface area contributed by atoms with Gasteiger partial charge in [-0.15, -0.1) is 10.2 Å². The fourth-order valence-electron chi connectivity index (χ4n) is 2.59. The van der Waals surface area contributed by atoms with Gasteiger partial charge in [0.15, 0.2) is 11.6 Å². The van der Waals surface area contributed by atoms with Gasteiger partial charge in [0.05, 0.1) is 6.33 Å². The van der Waals surface area contributed by atoms with Gasteiger partial charge in [-0.05, 0) is 31.2 Å². The number of nitrogens with zero attached hydrogens (tertiary/aromatic N) is 6. The van der Waals surface area contributed by atoms with Gasteiger partial charge >= 0.3 is 0 Å². The maximum atomic E-state index is 4.44. The second kappa shape index (κ2) is 5.20. The molecule has 7 nitrogen and oxygen atoms in total. The summed E-state index contributed by atoms with van der Waals surface area (Å²) in [5.74, 6) is 1.65. The lowest BCUT2D eigenvalue weighted by Crippen LogP contribution is -1.98. The van der Waals surface area contributed by atoms with Crippen molar-refractivity contribution in [2.45, 2.75) is 6.92 Å². The molecule has 0 spiro atoms. The van der Waals surface area contributed by atoms with E-state index in [1.807, 2.05) is 53.6 Å².